The Labute approximate surface area is 169 Å². The lowest BCUT2D eigenvalue weighted by Gasteiger charge is -2.12. The summed E-state index contributed by atoms with van der Waals surface area (Å²) < 4.78 is 33.7. The molecule has 1 aromatic heterocycles. The molecule has 9 heteroatoms. The lowest BCUT2D eigenvalue weighted by atomic mass is 10.1. The fourth-order valence-corrected chi connectivity index (χ4v) is 3.69. The van der Waals surface area contributed by atoms with Crippen molar-refractivity contribution in [3.63, 3.8) is 0 Å². The van der Waals surface area contributed by atoms with Gasteiger partial charge in [0.05, 0.1) is 25.1 Å². The smallest absolute Gasteiger partial charge is 0.241 e. The van der Waals surface area contributed by atoms with Crippen LogP contribution in [0.4, 0.5) is 0 Å². The molecule has 3 aromatic rings. The summed E-state index contributed by atoms with van der Waals surface area (Å²) in [5.41, 5.74) is 1.96. The molecule has 0 fully saturated rings. The SMILES string of the molecule is COc1ccc(S(=O)(=O)NCC(=O)NCc2ccccc2Cn2cccn2)cc1. The van der Waals surface area contributed by atoms with E-state index in [1.807, 2.05) is 36.5 Å². The van der Waals surface area contributed by atoms with Crippen LogP contribution in [0.25, 0.3) is 0 Å². The molecule has 2 aromatic carbocycles. The molecule has 0 aliphatic heterocycles. The molecule has 1 amide bonds. The van der Waals surface area contributed by atoms with E-state index in [-0.39, 0.29) is 11.4 Å². The molecule has 1 heterocycles. The molecule has 0 bridgehead atoms. The molecule has 152 valence electrons. The molecule has 29 heavy (non-hydrogen) atoms. The Hall–Kier alpha value is -3.17. The zero-order valence-corrected chi connectivity index (χ0v) is 16.7. The van der Waals surface area contributed by atoms with Crippen molar-refractivity contribution in [1.82, 2.24) is 19.8 Å². The van der Waals surface area contributed by atoms with Crippen molar-refractivity contribution >= 4 is 15.9 Å². The third kappa shape index (κ3) is 5.66. The highest BCUT2D eigenvalue weighted by Crippen LogP contribution is 2.15. The van der Waals surface area contributed by atoms with Crippen LogP contribution in [-0.4, -0.2) is 37.8 Å². The number of hydrogen-bond acceptors (Lipinski definition) is 5. The molecule has 0 aliphatic rings. The molecular formula is C20H22N4O4S. The van der Waals surface area contributed by atoms with Gasteiger partial charge in [0.2, 0.25) is 15.9 Å². The predicted octanol–water partition coefficient (Wildman–Crippen LogP) is 1.53. The quantitative estimate of drug-likeness (QED) is 0.553. The number of hydrogen-bond donors (Lipinski definition) is 2. The van der Waals surface area contributed by atoms with Gasteiger partial charge in [-0.2, -0.15) is 5.10 Å². The van der Waals surface area contributed by atoms with Crippen molar-refractivity contribution < 1.29 is 17.9 Å². The summed E-state index contributed by atoms with van der Waals surface area (Å²) in [5, 5.41) is 6.93. The molecular weight excluding hydrogens is 392 g/mol. The number of nitrogens with zero attached hydrogens (tertiary/aromatic N) is 2. The second-order valence-corrected chi connectivity index (χ2v) is 8.02. The normalized spacial score (nSPS) is 11.2. The van der Waals surface area contributed by atoms with Gasteiger partial charge in [-0.15, -0.1) is 0 Å². The van der Waals surface area contributed by atoms with E-state index in [2.05, 4.69) is 15.1 Å². The van der Waals surface area contributed by atoms with Crippen LogP contribution < -0.4 is 14.8 Å². The number of carbonyl (C=O) groups excluding carboxylic acids is 1. The van der Waals surface area contributed by atoms with Gasteiger partial charge in [0.1, 0.15) is 5.75 Å². The Balaban J connectivity index is 1.55. The Bertz CT molecular complexity index is 1050. The van der Waals surface area contributed by atoms with Crippen LogP contribution in [0.15, 0.2) is 71.9 Å². The van der Waals surface area contributed by atoms with Crippen molar-refractivity contribution in [3.05, 3.63) is 78.1 Å². The molecule has 8 nitrogen and oxygen atoms in total. The standard InChI is InChI=1S/C20H22N4O4S/c1-28-18-7-9-19(10-8-18)29(26,27)23-14-20(25)21-13-16-5-2-3-6-17(16)15-24-12-4-11-22-24/h2-12,23H,13-15H2,1H3,(H,21,25). The van der Waals surface area contributed by atoms with Crippen molar-refractivity contribution in [2.24, 2.45) is 0 Å². The van der Waals surface area contributed by atoms with Crippen LogP contribution in [0.3, 0.4) is 0 Å². The minimum absolute atomic E-state index is 0.0654. The first kappa shape index (κ1) is 20.6. The molecule has 0 radical (unpaired) electrons. The zero-order valence-electron chi connectivity index (χ0n) is 15.9. The number of sulfonamides is 1. The molecule has 0 saturated carbocycles. The van der Waals surface area contributed by atoms with E-state index in [1.165, 1.54) is 19.2 Å². The largest absolute Gasteiger partial charge is 0.497 e. The van der Waals surface area contributed by atoms with E-state index in [1.54, 1.807) is 23.0 Å². The number of benzene rings is 2. The Morgan fingerprint density at radius 2 is 1.79 bits per heavy atom. The fraction of sp³-hybridized carbons (Fsp3) is 0.200. The highest BCUT2D eigenvalue weighted by atomic mass is 32.2. The second-order valence-electron chi connectivity index (χ2n) is 6.25. The summed E-state index contributed by atoms with van der Waals surface area (Å²) in [7, 11) is -2.28. The van der Waals surface area contributed by atoms with Crippen LogP contribution in [0.1, 0.15) is 11.1 Å². The van der Waals surface area contributed by atoms with Gasteiger partial charge in [0.25, 0.3) is 0 Å². The fourth-order valence-electron chi connectivity index (χ4n) is 2.71. The van der Waals surface area contributed by atoms with Crippen LogP contribution >= 0.6 is 0 Å². The minimum Gasteiger partial charge on any atom is -0.497 e. The van der Waals surface area contributed by atoms with Crippen molar-refractivity contribution in [3.8, 4) is 5.75 Å². The van der Waals surface area contributed by atoms with Crippen molar-refractivity contribution in [2.45, 2.75) is 18.0 Å². The minimum atomic E-state index is -3.78. The molecule has 0 aliphatic carbocycles. The topological polar surface area (TPSA) is 102 Å². The third-order valence-corrected chi connectivity index (χ3v) is 5.70. The van der Waals surface area contributed by atoms with E-state index < -0.39 is 15.9 Å². The highest BCUT2D eigenvalue weighted by molar-refractivity contribution is 7.89. The zero-order chi connectivity index (χ0) is 20.7. The van der Waals surface area contributed by atoms with Crippen LogP contribution in [0.5, 0.6) is 5.75 Å². The average Bonchev–Trinajstić information content (AvgIpc) is 3.25. The van der Waals surface area contributed by atoms with Gasteiger partial charge in [-0.05, 0) is 41.5 Å². The van der Waals surface area contributed by atoms with Gasteiger partial charge in [-0.1, -0.05) is 24.3 Å². The Morgan fingerprint density at radius 1 is 1.07 bits per heavy atom. The summed E-state index contributed by atoms with van der Waals surface area (Å²) in [6.07, 6.45) is 3.57. The monoisotopic (exact) mass is 414 g/mol. The maximum Gasteiger partial charge on any atom is 0.241 e. The van der Waals surface area contributed by atoms with Gasteiger partial charge < -0.3 is 10.1 Å². The summed E-state index contributed by atoms with van der Waals surface area (Å²) in [6, 6.07) is 15.5. The average molecular weight is 414 g/mol. The maximum absolute atomic E-state index is 12.3. The van der Waals surface area contributed by atoms with Gasteiger partial charge >= 0.3 is 0 Å². The van der Waals surface area contributed by atoms with E-state index in [0.717, 1.165) is 11.1 Å². The van der Waals surface area contributed by atoms with Crippen molar-refractivity contribution in [2.75, 3.05) is 13.7 Å². The van der Waals surface area contributed by atoms with Gasteiger partial charge in [-0.3, -0.25) is 9.48 Å². The molecule has 0 spiro atoms. The van der Waals surface area contributed by atoms with Gasteiger partial charge in [0, 0.05) is 18.9 Å². The predicted molar refractivity (Wildman–Crippen MR) is 108 cm³/mol. The first-order valence-corrected chi connectivity index (χ1v) is 10.4. The lowest BCUT2D eigenvalue weighted by Crippen LogP contribution is -2.36. The number of methoxy groups -OCH3 is 1. The van der Waals surface area contributed by atoms with Crippen LogP contribution in [0, 0.1) is 0 Å². The first-order chi connectivity index (χ1) is 14.0. The second kappa shape index (κ2) is 9.35. The number of carbonyl (C=O) groups is 1. The van der Waals surface area contributed by atoms with Gasteiger partial charge in [0.15, 0.2) is 0 Å². The number of amides is 1. The Morgan fingerprint density at radius 3 is 2.45 bits per heavy atom. The number of ether oxygens (including phenoxy) is 1. The summed E-state index contributed by atoms with van der Waals surface area (Å²) >= 11 is 0. The maximum atomic E-state index is 12.3. The number of nitrogens with one attached hydrogen (secondary N) is 2. The van der Waals surface area contributed by atoms with E-state index in [4.69, 9.17) is 4.74 Å². The third-order valence-electron chi connectivity index (χ3n) is 4.28. The van der Waals surface area contributed by atoms with E-state index in [9.17, 15) is 13.2 Å². The number of rotatable bonds is 9. The summed E-state index contributed by atoms with van der Waals surface area (Å²) in [5.74, 6) is 0.131. The lowest BCUT2D eigenvalue weighted by molar-refractivity contribution is -0.120. The van der Waals surface area contributed by atoms with E-state index >= 15 is 0 Å². The summed E-state index contributed by atoms with van der Waals surface area (Å²) in [4.78, 5) is 12.2. The van der Waals surface area contributed by atoms with Gasteiger partial charge in [-0.25, -0.2) is 13.1 Å². The molecule has 0 saturated heterocycles. The molecule has 3 rings (SSSR count). The van der Waals surface area contributed by atoms with Crippen LogP contribution in [-0.2, 0) is 27.9 Å². The van der Waals surface area contributed by atoms with Crippen molar-refractivity contribution in [1.29, 1.82) is 0 Å². The highest BCUT2D eigenvalue weighted by Gasteiger charge is 2.15. The van der Waals surface area contributed by atoms with E-state index in [0.29, 0.717) is 18.8 Å². The summed E-state index contributed by atoms with van der Waals surface area (Å²) in [6.45, 7) is 0.527. The molecule has 0 atom stereocenters. The molecule has 0 unspecified atom stereocenters. The number of aromatic nitrogens is 2. The first-order valence-electron chi connectivity index (χ1n) is 8.92. The Kier molecular flexibility index (Phi) is 6.63. The molecule has 2 N–H and O–H groups in total. The van der Waals surface area contributed by atoms with Crippen LogP contribution in [0.2, 0.25) is 0 Å².